The number of rotatable bonds is 47. The highest BCUT2D eigenvalue weighted by molar-refractivity contribution is 5.71. The second-order valence-corrected chi connectivity index (χ2v) is 17.6. The Morgan fingerprint density at radius 1 is 0.317 bits per heavy atom. The van der Waals surface area contributed by atoms with E-state index in [-0.39, 0.29) is 31.1 Å². The van der Waals surface area contributed by atoms with Crippen molar-refractivity contribution < 1.29 is 28.6 Å². The molecule has 0 spiro atoms. The average molecular weight is 879 g/mol. The number of hydrogen-bond acceptors (Lipinski definition) is 6. The lowest BCUT2D eigenvalue weighted by Crippen LogP contribution is -2.30. The molecule has 63 heavy (non-hydrogen) atoms. The highest BCUT2D eigenvalue weighted by Gasteiger charge is 2.19. The van der Waals surface area contributed by atoms with Crippen LogP contribution in [-0.4, -0.2) is 37.2 Å². The molecule has 0 saturated carbocycles. The maximum atomic E-state index is 12.8. The summed E-state index contributed by atoms with van der Waals surface area (Å²) in [5.41, 5.74) is 0. The average Bonchev–Trinajstić information content (AvgIpc) is 3.28. The Morgan fingerprint density at radius 3 is 1.00 bits per heavy atom. The molecule has 0 aromatic heterocycles. The summed E-state index contributed by atoms with van der Waals surface area (Å²) in [5.74, 6) is -0.939. The normalized spacial score (nSPS) is 12.6. The highest BCUT2D eigenvalue weighted by atomic mass is 16.6. The number of ether oxygens (including phenoxy) is 3. The molecule has 0 heterocycles. The van der Waals surface area contributed by atoms with Gasteiger partial charge in [0.2, 0.25) is 0 Å². The number of carbonyl (C=O) groups excluding carboxylic acids is 3. The summed E-state index contributed by atoms with van der Waals surface area (Å²) in [6, 6.07) is 0. The van der Waals surface area contributed by atoms with Crippen LogP contribution in [-0.2, 0) is 28.6 Å². The molecule has 0 aromatic carbocycles. The van der Waals surface area contributed by atoms with E-state index in [4.69, 9.17) is 14.2 Å². The third kappa shape index (κ3) is 49.7. The lowest BCUT2D eigenvalue weighted by molar-refractivity contribution is -0.167. The van der Waals surface area contributed by atoms with Crippen molar-refractivity contribution in [3.8, 4) is 0 Å². The Balaban J connectivity index is 4.42. The molecule has 0 bridgehead atoms. The summed E-state index contributed by atoms with van der Waals surface area (Å²) < 4.78 is 16.8. The van der Waals surface area contributed by atoms with E-state index in [2.05, 4.69) is 93.7 Å². The zero-order chi connectivity index (χ0) is 45.8. The predicted molar refractivity (Wildman–Crippen MR) is 270 cm³/mol. The van der Waals surface area contributed by atoms with E-state index in [1.54, 1.807) is 0 Å². The van der Waals surface area contributed by atoms with Crippen LogP contribution in [0.15, 0.2) is 72.9 Å². The smallest absolute Gasteiger partial charge is 0.306 e. The van der Waals surface area contributed by atoms with Gasteiger partial charge in [0, 0.05) is 19.3 Å². The summed E-state index contributed by atoms with van der Waals surface area (Å²) in [6.45, 7) is 6.51. The maximum absolute atomic E-state index is 12.8. The molecule has 0 aliphatic carbocycles. The van der Waals surface area contributed by atoms with E-state index in [9.17, 15) is 14.4 Å². The molecule has 0 N–H and O–H groups in total. The van der Waals surface area contributed by atoms with E-state index in [0.29, 0.717) is 19.3 Å². The van der Waals surface area contributed by atoms with E-state index in [0.717, 1.165) is 96.3 Å². The van der Waals surface area contributed by atoms with Crippen LogP contribution in [0.25, 0.3) is 0 Å². The van der Waals surface area contributed by atoms with E-state index in [1.807, 2.05) is 0 Å². The minimum absolute atomic E-state index is 0.0949. The van der Waals surface area contributed by atoms with Crippen molar-refractivity contribution in [3.63, 3.8) is 0 Å². The largest absolute Gasteiger partial charge is 0.462 e. The Labute approximate surface area is 389 Å². The van der Waals surface area contributed by atoms with Gasteiger partial charge in [0.15, 0.2) is 6.10 Å². The van der Waals surface area contributed by atoms with Crippen molar-refractivity contribution in [2.75, 3.05) is 13.2 Å². The van der Waals surface area contributed by atoms with Gasteiger partial charge < -0.3 is 14.2 Å². The summed E-state index contributed by atoms with van der Waals surface area (Å²) in [5, 5.41) is 0. The third-order valence-corrected chi connectivity index (χ3v) is 11.3. The second kappa shape index (κ2) is 51.5. The SMILES string of the molecule is CCCC/C=C\C=C/CCCCCC(=O)OCC(COC(=O)CCCCCCC\C=C/C=C\C=C/C=C\CCCCC)OC(=O)CCCCCCCCCCCCCCCCCC. The zero-order valence-electron chi connectivity index (χ0n) is 41.3. The molecule has 0 amide bonds. The van der Waals surface area contributed by atoms with Crippen LogP contribution in [0.5, 0.6) is 0 Å². The molecule has 0 aliphatic rings. The van der Waals surface area contributed by atoms with Crippen LogP contribution >= 0.6 is 0 Å². The number of esters is 3. The molecule has 1 atom stereocenters. The topological polar surface area (TPSA) is 78.9 Å². The Bertz CT molecular complexity index is 1190. The Kier molecular flexibility index (Phi) is 48.9. The fraction of sp³-hybridized carbons (Fsp3) is 0.737. The van der Waals surface area contributed by atoms with Crippen molar-refractivity contribution in [2.45, 2.75) is 258 Å². The summed E-state index contributed by atoms with van der Waals surface area (Å²) >= 11 is 0. The molecule has 0 saturated heterocycles. The van der Waals surface area contributed by atoms with Crippen LogP contribution in [0.4, 0.5) is 0 Å². The van der Waals surface area contributed by atoms with Gasteiger partial charge in [0.05, 0.1) is 0 Å². The summed E-state index contributed by atoms with van der Waals surface area (Å²) in [7, 11) is 0. The number of carbonyl (C=O) groups is 3. The van der Waals surface area contributed by atoms with Crippen LogP contribution < -0.4 is 0 Å². The Hall–Kier alpha value is -3.15. The number of unbranched alkanes of at least 4 members (excludes halogenated alkanes) is 28. The first-order chi connectivity index (χ1) is 31.0. The molecule has 6 nitrogen and oxygen atoms in total. The van der Waals surface area contributed by atoms with E-state index < -0.39 is 6.10 Å². The maximum Gasteiger partial charge on any atom is 0.306 e. The van der Waals surface area contributed by atoms with Gasteiger partial charge >= 0.3 is 17.9 Å². The monoisotopic (exact) mass is 879 g/mol. The molecule has 0 aliphatic heterocycles. The molecule has 0 aromatic rings. The van der Waals surface area contributed by atoms with Gasteiger partial charge in [-0.2, -0.15) is 0 Å². The molecule has 0 fully saturated rings. The minimum Gasteiger partial charge on any atom is -0.462 e. The van der Waals surface area contributed by atoms with Crippen LogP contribution in [0, 0.1) is 0 Å². The van der Waals surface area contributed by atoms with Gasteiger partial charge in [-0.25, -0.2) is 0 Å². The quantitative estimate of drug-likeness (QED) is 0.0262. The first kappa shape index (κ1) is 59.9. The number of hydrogen-bond donors (Lipinski definition) is 0. The lowest BCUT2D eigenvalue weighted by atomic mass is 10.0. The van der Waals surface area contributed by atoms with E-state index in [1.165, 1.54) is 116 Å². The van der Waals surface area contributed by atoms with Crippen molar-refractivity contribution in [3.05, 3.63) is 72.9 Å². The van der Waals surface area contributed by atoms with Crippen LogP contribution in [0.3, 0.4) is 0 Å². The van der Waals surface area contributed by atoms with Crippen LogP contribution in [0.1, 0.15) is 252 Å². The first-order valence-corrected chi connectivity index (χ1v) is 26.5. The van der Waals surface area contributed by atoms with Gasteiger partial charge in [0.1, 0.15) is 13.2 Å². The third-order valence-electron chi connectivity index (χ3n) is 11.3. The molecule has 0 radical (unpaired) electrons. The van der Waals surface area contributed by atoms with Gasteiger partial charge in [-0.3, -0.25) is 14.4 Å². The van der Waals surface area contributed by atoms with E-state index >= 15 is 0 Å². The van der Waals surface area contributed by atoms with Gasteiger partial charge in [-0.1, -0.05) is 241 Å². The van der Waals surface area contributed by atoms with Gasteiger partial charge in [0.25, 0.3) is 0 Å². The molecule has 362 valence electrons. The summed E-state index contributed by atoms with van der Waals surface area (Å²) in [4.78, 5) is 38.0. The molecule has 6 heteroatoms. The van der Waals surface area contributed by atoms with Crippen molar-refractivity contribution in [2.24, 2.45) is 0 Å². The van der Waals surface area contributed by atoms with Crippen molar-refractivity contribution >= 4 is 17.9 Å². The summed E-state index contributed by atoms with van der Waals surface area (Å²) in [6.07, 6.45) is 64.5. The zero-order valence-corrected chi connectivity index (χ0v) is 41.3. The minimum atomic E-state index is -0.793. The first-order valence-electron chi connectivity index (χ1n) is 26.5. The highest BCUT2D eigenvalue weighted by Crippen LogP contribution is 2.15. The van der Waals surface area contributed by atoms with Crippen molar-refractivity contribution in [1.82, 2.24) is 0 Å². The molecular weight excluding hydrogens is 781 g/mol. The molecular formula is C57H98O6. The second-order valence-electron chi connectivity index (χ2n) is 17.6. The standard InChI is InChI=1S/C57H98O6/c1-4-7-10-13-16-19-22-24-26-28-29-31-32-35-38-41-44-47-50-56(59)62-53-54(52-61-55(58)49-46-43-40-37-34-21-18-15-12-9-6-3)63-57(60)51-48-45-42-39-36-33-30-27-25-23-20-17-14-11-8-5-2/h15-16,18-19,21-22,24,26,28-29,31,34,54H,4-14,17,20,23,25,27,30,32-33,35-53H2,1-3H3/b18-15-,19-16-,24-22-,28-26-,31-29-,34-21-. The number of allylic oxidation sites excluding steroid dienone is 12. The predicted octanol–water partition coefficient (Wildman–Crippen LogP) is 17.4. The molecule has 0 rings (SSSR count). The van der Waals surface area contributed by atoms with Gasteiger partial charge in [-0.15, -0.1) is 0 Å². The molecule has 1 unspecified atom stereocenters. The fourth-order valence-electron chi connectivity index (χ4n) is 7.25. The van der Waals surface area contributed by atoms with Crippen LogP contribution in [0.2, 0.25) is 0 Å². The Morgan fingerprint density at radius 2 is 0.587 bits per heavy atom. The van der Waals surface area contributed by atoms with Gasteiger partial charge in [-0.05, 0) is 64.2 Å². The van der Waals surface area contributed by atoms with Crippen molar-refractivity contribution in [1.29, 1.82) is 0 Å². The lowest BCUT2D eigenvalue weighted by Gasteiger charge is -2.18. The fourth-order valence-corrected chi connectivity index (χ4v) is 7.25.